The lowest BCUT2D eigenvalue weighted by atomic mass is 9.80. The molecule has 280 valence electrons. The molecule has 3 aromatic rings. The Morgan fingerprint density at radius 3 is 2.48 bits per heavy atom. The van der Waals surface area contributed by atoms with Gasteiger partial charge in [-0.05, 0) is 68.4 Å². The standard InChI is InChI=1S/C42H55N3O7/c1-41(2,43-25-37(47)35-22-33(46)23-36-40(35)51-27-39(48)44-36)24-29-12-14-34(15-13-29)50-21-20-45-18-16-30(17-19-45)38(26-45)52-28-42(49,32-10-6-7-11-32)31-8-4-3-5-9-31/h3-5,8-9,12-15,22-23,30,32,37-38,43,47,49H,6-7,10-11,16-21,24-28H2,1-2H3,(H-,44,46,48)/p+1/t30?,37-,38-,42?,45?/m0/s1. The molecule has 3 atom stereocenters. The molecular formula is C42H56N3O7+. The van der Waals surface area contributed by atoms with Crippen LogP contribution in [-0.2, 0) is 21.6 Å². The van der Waals surface area contributed by atoms with Gasteiger partial charge in [-0.25, -0.2) is 0 Å². The summed E-state index contributed by atoms with van der Waals surface area (Å²) in [6, 6.07) is 21.3. The van der Waals surface area contributed by atoms with Crippen molar-refractivity contribution in [1.29, 1.82) is 0 Å². The Hall–Kier alpha value is -3.67. The highest BCUT2D eigenvalue weighted by molar-refractivity contribution is 5.96. The molecule has 1 unspecified atom stereocenters. The number of aromatic hydroxyl groups is 1. The largest absolute Gasteiger partial charge is 0.508 e. The van der Waals surface area contributed by atoms with Gasteiger partial charge in [0, 0.05) is 42.5 Å². The van der Waals surface area contributed by atoms with E-state index in [0.717, 1.165) is 79.6 Å². The molecule has 4 heterocycles. The fourth-order valence-corrected chi connectivity index (χ4v) is 9.10. The topological polar surface area (TPSA) is 130 Å². The minimum atomic E-state index is -0.945. The highest BCUT2D eigenvalue weighted by Gasteiger charge is 2.48. The number of nitrogens with zero attached hydrogens (tertiary/aromatic N) is 1. The van der Waals surface area contributed by atoms with E-state index in [9.17, 15) is 20.1 Å². The van der Waals surface area contributed by atoms with Crippen molar-refractivity contribution in [2.75, 3.05) is 57.9 Å². The summed E-state index contributed by atoms with van der Waals surface area (Å²) in [7, 11) is 0. The number of benzene rings is 3. The SMILES string of the molecule is CC(C)(Cc1ccc(OCC[N+]23CCC(CC2)[C@@H](OCC(O)(c2ccccc2)C2CCCC2)C3)cc1)NC[C@H](O)c1cc(O)cc2c1OCC(=O)N2. The number of fused-ring (bicyclic) bond motifs is 4. The van der Waals surface area contributed by atoms with Crippen LogP contribution in [0.4, 0.5) is 5.69 Å². The molecule has 0 aromatic heterocycles. The number of ether oxygens (including phenoxy) is 3. The molecule has 1 saturated carbocycles. The Labute approximate surface area is 307 Å². The number of anilines is 1. The third-order valence-electron chi connectivity index (χ3n) is 12.1. The van der Waals surface area contributed by atoms with Crippen molar-refractivity contribution in [2.24, 2.45) is 11.8 Å². The van der Waals surface area contributed by atoms with Crippen LogP contribution in [0.1, 0.15) is 75.2 Å². The number of aliphatic hydroxyl groups excluding tert-OH is 1. The van der Waals surface area contributed by atoms with Gasteiger partial charge >= 0.3 is 0 Å². The first-order valence-corrected chi connectivity index (χ1v) is 19.2. The molecule has 4 fully saturated rings. The molecular weight excluding hydrogens is 658 g/mol. The van der Waals surface area contributed by atoms with E-state index in [4.69, 9.17) is 14.2 Å². The molecule has 1 amide bonds. The van der Waals surface area contributed by atoms with E-state index in [2.05, 4.69) is 48.7 Å². The van der Waals surface area contributed by atoms with Crippen LogP contribution in [0, 0.1) is 11.8 Å². The normalized spacial score (nSPS) is 24.8. The second kappa shape index (κ2) is 15.4. The summed E-state index contributed by atoms with van der Waals surface area (Å²) in [4.78, 5) is 11.7. The first-order valence-electron chi connectivity index (χ1n) is 19.2. The van der Waals surface area contributed by atoms with E-state index >= 15 is 0 Å². The van der Waals surface area contributed by atoms with E-state index < -0.39 is 11.7 Å². The Morgan fingerprint density at radius 1 is 1.02 bits per heavy atom. The van der Waals surface area contributed by atoms with Crippen LogP contribution in [0.25, 0.3) is 0 Å². The molecule has 3 saturated heterocycles. The quantitative estimate of drug-likeness (QED) is 0.132. The second-order valence-electron chi connectivity index (χ2n) is 16.4. The summed E-state index contributed by atoms with van der Waals surface area (Å²) in [5, 5.41) is 39.3. The van der Waals surface area contributed by atoms with Crippen LogP contribution in [0.3, 0.4) is 0 Å². The van der Waals surface area contributed by atoms with Crippen LogP contribution < -0.4 is 20.1 Å². The summed E-state index contributed by atoms with van der Waals surface area (Å²) in [5.41, 5.74) is 1.65. The van der Waals surface area contributed by atoms with Gasteiger partial charge in [-0.3, -0.25) is 4.79 Å². The number of carbonyl (C=O) groups is 1. The van der Waals surface area contributed by atoms with Crippen LogP contribution >= 0.6 is 0 Å². The summed E-state index contributed by atoms with van der Waals surface area (Å²) >= 11 is 0. The number of piperidine rings is 3. The van der Waals surface area contributed by atoms with Crippen LogP contribution in [0.2, 0.25) is 0 Å². The fraction of sp³-hybridized carbons (Fsp3) is 0.548. The van der Waals surface area contributed by atoms with Crippen LogP contribution in [0.15, 0.2) is 66.7 Å². The van der Waals surface area contributed by atoms with Crippen molar-refractivity contribution in [2.45, 2.75) is 82.1 Å². The number of aliphatic hydroxyl groups is 2. The van der Waals surface area contributed by atoms with E-state index in [1.807, 2.05) is 30.3 Å². The number of amides is 1. The minimum absolute atomic E-state index is 0.0504. The number of phenols is 1. The third kappa shape index (κ3) is 8.26. The maximum Gasteiger partial charge on any atom is 0.262 e. The Kier molecular flexibility index (Phi) is 10.8. The maximum atomic E-state index is 12.1. The van der Waals surface area contributed by atoms with Crippen molar-refractivity contribution in [3.05, 3.63) is 83.4 Å². The summed E-state index contributed by atoms with van der Waals surface area (Å²) < 4.78 is 19.6. The van der Waals surface area contributed by atoms with Gasteiger partial charge in [0.15, 0.2) is 6.61 Å². The lowest BCUT2D eigenvalue weighted by molar-refractivity contribution is -0.946. The average Bonchev–Trinajstić information content (AvgIpc) is 3.70. The van der Waals surface area contributed by atoms with Crippen molar-refractivity contribution >= 4 is 11.6 Å². The number of carbonyl (C=O) groups excluding carboxylic acids is 1. The van der Waals surface area contributed by atoms with Crippen LogP contribution in [-0.4, -0.2) is 89.9 Å². The predicted molar refractivity (Wildman–Crippen MR) is 199 cm³/mol. The highest BCUT2D eigenvalue weighted by Crippen LogP contribution is 2.43. The fourth-order valence-electron chi connectivity index (χ4n) is 9.10. The Morgan fingerprint density at radius 2 is 1.75 bits per heavy atom. The Balaban J connectivity index is 0.888. The first kappa shape index (κ1) is 36.7. The monoisotopic (exact) mass is 714 g/mol. The summed E-state index contributed by atoms with van der Waals surface area (Å²) in [5.74, 6) is 1.70. The van der Waals surface area contributed by atoms with Gasteiger partial charge in [-0.15, -0.1) is 0 Å². The molecule has 0 spiro atoms. The zero-order valence-corrected chi connectivity index (χ0v) is 30.7. The lowest BCUT2D eigenvalue weighted by Crippen LogP contribution is -2.65. The lowest BCUT2D eigenvalue weighted by Gasteiger charge is -2.52. The smallest absolute Gasteiger partial charge is 0.262 e. The number of β-amino-alcohol motifs (C(OH)–C–C–N with tert-alkyl or cyclic N) is 1. The van der Waals surface area contributed by atoms with Crippen molar-refractivity contribution in [1.82, 2.24) is 5.32 Å². The van der Waals surface area contributed by atoms with Crippen molar-refractivity contribution < 1.29 is 38.8 Å². The second-order valence-corrected chi connectivity index (χ2v) is 16.4. The molecule has 0 radical (unpaired) electrons. The number of rotatable bonds is 15. The number of hydrogen-bond acceptors (Lipinski definition) is 8. The number of hydrogen-bond donors (Lipinski definition) is 5. The van der Waals surface area contributed by atoms with Gasteiger partial charge < -0.3 is 44.6 Å². The predicted octanol–water partition coefficient (Wildman–Crippen LogP) is 5.45. The van der Waals surface area contributed by atoms with Gasteiger partial charge in [-0.1, -0.05) is 55.3 Å². The van der Waals surface area contributed by atoms with E-state index in [0.29, 0.717) is 36.1 Å². The van der Waals surface area contributed by atoms with Gasteiger partial charge in [-0.2, -0.15) is 0 Å². The van der Waals surface area contributed by atoms with Gasteiger partial charge in [0.25, 0.3) is 5.91 Å². The molecule has 1 aliphatic carbocycles. The molecule has 5 N–H and O–H groups in total. The zero-order chi connectivity index (χ0) is 36.3. The van der Waals surface area contributed by atoms with Crippen LogP contribution in [0.5, 0.6) is 17.2 Å². The van der Waals surface area contributed by atoms with E-state index in [1.165, 1.54) is 25.0 Å². The third-order valence-corrected chi connectivity index (χ3v) is 12.1. The molecule has 4 aliphatic heterocycles. The molecule has 2 bridgehead atoms. The number of phenolic OH excluding ortho intramolecular Hbond substituents is 1. The minimum Gasteiger partial charge on any atom is -0.508 e. The van der Waals surface area contributed by atoms with Crippen molar-refractivity contribution in [3.8, 4) is 17.2 Å². The van der Waals surface area contributed by atoms with Gasteiger partial charge in [0.2, 0.25) is 0 Å². The first-order chi connectivity index (χ1) is 25.0. The Bertz CT molecular complexity index is 1670. The summed E-state index contributed by atoms with van der Waals surface area (Å²) in [6.45, 7) is 9.54. The molecule has 10 heteroatoms. The molecule has 3 aromatic carbocycles. The van der Waals surface area contributed by atoms with Gasteiger partial charge in [0.05, 0.1) is 31.5 Å². The van der Waals surface area contributed by atoms with Crippen molar-refractivity contribution in [3.63, 3.8) is 0 Å². The average molecular weight is 715 g/mol. The number of quaternary nitrogens is 1. The zero-order valence-electron chi connectivity index (χ0n) is 30.7. The molecule has 10 nitrogen and oxygen atoms in total. The highest BCUT2D eigenvalue weighted by atomic mass is 16.5. The molecule has 52 heavy (non-hydrogen) atoms. The van der Waals surface area contributed by atoms with E-state index in [-0.39, 0.29) is 42.4 Å². The summed E-state index contributed by atoms with van der Waals surface area (Å²) in [6.07, 6.45) is 6.75. The van der Waals surface area contributed by atoms with Gasteiger partial charge in [0.1, 0.15) is 48.6 Å². The maximum absolute atomic E-state index is 12.1. The molecule has 5 aliphatic rings. The number of nitrogens with one attached hydrogen (secondary N) is 2. The molecule has 8 rings (SSSR count). The van der Waals surface area contributed by atoms with E-state index in [1.54, 1.807) is 0 Å².